The second kappa shape index (κ2) is 10.1. The zero-order valence-electron chi connectivity index (χ0n) is 18.3. The number of hydrogen-bond donors (Lipinski definition) is 2. The van der Waals surface area contributed by atoms with E-state index in [0.717, 1.165) is 12.8 Å². The standard InChI is InChI=1S/C24H28ClN3O4S/c25-19-7-11-22(12-8-19)33(31,32)27-21-9-5-18(6-10-21)24(30)28-15-13-17(14-16-28)23(29)26-20-3-1-2-4-20/h5-12,17,20,27H,1-4,13-16H2,(H,26,29). The Balaban J connectivity index is 1.31. The van der Waals surface area contributed by atoms with Crippen LogP contribution in [-0.4, -0.2) is 44.3 Å². The molecule has 2 N–H and O–H groups in total. The Morgan fingerprint density at radius 1 is 0.879 bits per heavy atom. The third-order valence-corrected chi connectivity index (χ3v) is 8.01. The molecule has 2 aromatic carbocycles. The molecule has 2 amide bonds. The number of sulfonamides is 1. The maximum Gasteiger partial charge on any atom is 0.261 e. The van der Waals surface area contributed by atoms with Gasteiger partial charge in [-0.15, -0.1) is 0 Å². The van der Waals surface area contributed by atoms with Crippen molar-refractivity contribution in [3.8, 4) is 0 Å². The van der Waals surface area contributed by atoms with Crippen molar-refractivity contribution in [1.82, 2.24) is 10.2 Å². The third-order valence-electron chi connectivity index (χ3n) is 6.36. The lowest BCUT2D eigenvalue weighted by atomic mass is 9.95. The fourth-order valence-corrected chi connectivity index (χ4v) is 5.61. The van der Waals surface area contributed by atoms with Gasteiger partial charge in [0.25, 0.3) is 15.9 Å². The van der Waals surface area contributed by atoms with Crippen LogP contribution in [0.15, 0.2) is 53.4 Å². The zero-order chi connectivity index (χ0) is 23.4. The van der Waals surface area contributed by atoms with Crippen LogP contribution in [0.2, 0.25) is 5.02 Å². The van der Waals surface area contributed by atoms with E-state index in [9.17, 15) is 18.0 Å². The predicted octanol–water partition coefficient (Wildman–Crippen LogP) is 4.05. The number of nitrogens with one attached hydrogen (secondary N) is 2. The Labute approximate surface area is 199 Å². The number of piperidine rings is 1. The van der Waals surface area contributed by atoms with Crippen molar-refractivity contribution in [2.24, 2.45) is 5.92 Å². The lowest BCUT2D eigenvalue weighted by Crippen LogP contribution is -2.44. The van der Waals surface area contributed by atoms with Gasteiger partial charge in [0.05, 0.1) is 4.90 Å². The number of anilines is 1. The number of rotatable bonds is 6. The van der Waals surface area contributed by atoms with Gasteiger partial charge in [0, 0.05) is 41.3 Å². The molecule has 0 atom stereocenters. The van der Waals surface area contributed by atoms with Crippen molar-refractivity contribution in [1.29, 1.82) is 0 Å². The Morgan fingerprint density at radius 3 is 2.09 bits per heavy atom. The molecule has 1 saturated heterocycles. The SMILES string of the molecule is O=C(NC1CCCC1)C1CCN(C(=O)c2ccc(NS(=O)(=O)c3ccc(Cl)cc3)cc2)CC1. The molecule has 1 heterocycles. The van der Waals surface area contributed by atoms with E-state index in [1.165, 1.54) is 37.1 Å². The first-order valence-corrected chi connectivity index (χ1v) is 13.2. The molecule has 33 heavy (non-hydrogen) atoms. The number of amides is 2. The number of likely N-dealkylation sites (tertiary alicyclic amines) is 1. The van der Waals surface area contributed by atoms with Crippen LogP contribution in [0.3, 0.4) is 0 Å². The van der Waals surface area contributed by atoms with Crippen molar-refractivity contribution in [3.05, 3.63) is 59.1 Å². The van der Waals surface area contributed by atoms with E-state index in [1.807, 2.05) is 0 Å². The first-order chi connectivity index (χ1) is 15.8. The molecule has 0 radical (unpaired) electrons. The molecule has 9 heteroatoms. The molecule has 7 nitrogen and oxygen atoms in total. The van der Waals surface area contributed by atoms with Gasteiger partial charge in [0.1, 0.15) is 0 Å². The van der Waals surface area contributed by atoms with E-state index in [0.29, 0.717) is 48.2 Å². The molecule has 1 aliphatic heterocycles. The summed E-state index contributed by atoms with van der Waals surface area (Å²) in [6.07, 6.45) is 5.80. The molecule has 2 aliphatic rings. The minimum Gasteiger partial charge on any atom is -0.353 e. The average molecular weight is 490 g/mol. The Morgan fingerprint density at radius 2 is 1.48 bits per heavy atom. The molecule has 2 aromatic rings. The smallest absolute Gasteiger partial charge is 0.261 e. The highest BCUT2D eigenvalue weighted by molar-refractivity contribution is 7.92. The number of hydrogen-bond acceptors (Lipinski definition) is 4. The minimum absolute atomic E-state index is 0.0423. The highest BCUT2D eigenvalue weighted by atomic mass is 35.5. The van der Waals surface area contributed by atoms with Crippen molar-refractivity contribution in [3.63, 3.8) is 0 Å². The van der Waals surface area contributed by atoms with Crippen molar-refractivity contribution in [2.45, 2.75) is 49.5 Å². The minimum atomic E-state index is -3.75. The zero-order valence-corrected chi connectivity index (χ0v) is 19.9. The van der Waals surface area contributed by atoms with Gasteiger partial charge in [-0.1, -0.05) is 24.4 Å². The van der Waals surface area contributed by atoms with Gasteiger partial charge in [-0.2, -0.15) is 0 Å². The first kappa shape index (κ1) is 23.6. The first-order valence-electron chi connectivity index (χ1n) is 11.3. The molecule has 1 aliphatic carbocycles. The highest BCUT2D eigenvalue weighted by Gasteiger charge is 2.29. The lowest BCUT2D eigenvalue weighted by Gasteiger charge is -2.32. The maximum absolute atomic E-state index is 12.9. The van der Waals surface area contributed by atoms with Crippen LogP contribution in [0.1, 0.15) is 48.9 Å². The van der Waals surface area contributed by atoms with Crippen LogP contribution >= 0.6 is 11.6 Å². The summed E-state index contributed by atoms with van der Waals surface area (Å²) in [5.41, 5.74) is 0.849. The summed E-state index contributed by atoms with van der Waals surface area (Å²) in [6.45, 7) is 1.07. The number of benzene rings is 2. The van der Waals surface area contributed by atoms with Gasteiger partial charge in [-0.3, -0.25) is 14.3 Å². The molecular formula is C24H28ClN3O4S. The molecule has 0 bridgehead atoms. The lowest BCUT2D eigenvalue weighted by molar-refractivity contribution is -0.127. The van der Waals surface area contributed by atoms with E-state index in [-0.39, 0.29) is 22.6 Å². The van der Waals surface area contributed by atoms with Crippen LogP contribution in [0.4, 0.5) is 5.69 Å². The highest BCUT2D eigenvalue weighted by Crippen LogP contribution is 2.23. The monoisotopic (exact) mass is 489 g/mol. The van der Waals surface area contributed by atoms with E-state index >= 15 is 0 Å². The quantitative estimate of drug-likeness (QED) is 0.639. The number of carbonyl (C=O) groups is 2. The van der Waals surface area contributed by atoms with Crippen molar-refractivity contribution in [2.75, 3.05) is 17.8 Å². The largest absolute Gasteiger partial charge is 0.353 e. The average Bonchev–Trinajstić information content (AvgIpc) is 3.32. The van der Waals surface area contributed by atoms with Gasteiger partial charge in [0.15, 0.2) is 0 Å². The molecule has 4 rings (SSSR count). The Bertz CT molecular complexity index is 1090. The molecule has 1 saturated carbocycles. The van der Waals surface area contributed by atoms with E-state index in [1.54, 1.807) is 29.2 Å². The van der Waals surface area contributed by atoms with E-state index in [4.69, 9.17) is 11.6 Å². The molecule has 0 spiro atoms. The van der Waals surface area contributed by atoms with Gasteiger partial charge < -0.3 is 10.2 Å². The van der Waals surface area contributed by atoms with Gasteiger partial charge >= 0.3 is 0 Å². The van der Waals surface area contributed by atoms with Crippen molar-refractivity contribution >= 4 is 39.1 Å². The third kappa shape index (κ3) is 5.86. The van der Waals surface area contributed by atoms with E-state index < -0.39 is 10.0 Å². The summed E-state index contributed by atoms with van der Waals surface area (Å²) >= 11 is 5.82. The molecule has 2 fully saturated rings. The fourth-order valence-electron chi connectivity index (χ4n) is 4.43. The number of halogens is 1. The summed E-state index contributed by atoms with van der Waals surface area (Å²) < 4.78 is 27.5. The summed E-state index contributed by atoms with van der Waals surface area (Å²) in [5.74, 6) is -0.0395. The Kier molecular flexibility index (Phi) is 7.24. The molecular weight excluding hydrogens is 462 g/mol. The number of carbonyl (C=O) groups excluding carboxylic acids is 2. The second-order valence-electron chi connectivity index (χ2n) is 8.69. The van der Waals surface area contributed by atoms with Crippen LogP contribution < -0.4 is 10.0 Å². The van der Waals surface area contributed by atoms with Crippen LogP contribution in [-0.2, 0) is 14.8 Å². The van der Waals surface area contributed by atoms with Crippen LogP contribution in [0, 0.1) is 5.92 Å². The van der Waals surface area contributed by atoms with Crippen LogP contribution in [0.5, 0.6) is 0 Å². The molecule has 176 valence electrons. The number of nitrogens with zero attached hydrogens (tertiary/aromatic N) is 1. The normalized spacial score (nSPS) is 17.7. The van der Waals surface area contributed by atoms with Crippen LogP contribution in [0.25, 0.3) is 0 Å². The van der Waals surface area contributed by atoms with Gasteiger partial charge in [-0.25, -0.2) is 8.42 Å². The summed E-state index contributed by atoms with van der Waals surface area (Å²) in [6, 6.07) is 12.6. The van der Waals surface area contributed by atoms with Crippen molar-refractivity contribution < 1.29 is 18.0 Å². The maximum atomic E-state index is 12.9. The Hall–Kier alpha value is -2.58. The predicted molar refractivity (Wildman–Crippen MR) is 128 cm³/mol. The molecule has 0 aromatic heterocycles. The fraction of sp³-hybridized carbons (Fsp3) is 0.417. The van der Waals surface area contributed by atoms with E-state index in [2.05, 4.69) is 10.0 Å². The van der Waals surface area contributed by atoms with Gasteiger partial charge in [-0.05, 0) is 74.2 Å². The summed E-state index contributed by atoms with van der Waals surface area (Å²) in [4.78, 5) is 27.2. The van der Waals surface area contributed by atoms with Gasteiger partial charge in [0.2, 0.25) is 5.91 Å². The topological polar surface area (TPSA) is 95.6 Å². The summed E-state index contributed by atoms with van der Waals surface area (Å²) in [5, 5.41) is 3.61. The summed E-state index contributed by atoms with van der Waals surface area (Å²) in [7, 11) is -3.75. The second-order valence-corrected chi connectivity index (χ2v) is 10.8. The molecule has 0 unspecified atom stereocenters.